The summed E-state index contributed by atoms with van der Waals surface area (Å²) in [6.45, 7) is 2.64. The Bertz CT molecular complexity index is 379. The highest BCUT2D eigenvalue weighted by Crippen LogP contribution is 2.34. The number of aliphatic hydroxyl groups is 2. The van der Waals surface area contributed by atoms with Crippen LogP contribution in [-0.4, -0.2) is 34.8 Å². The van der Waals surface area contributed by atoms with Gasteiger partial charge in [0.2, 0.25) is 0 Å². The van der Waals surface area contributed by atoms with Crippen molar-refractivity contribution in [3.8, 4) is 0 Å². The summed E-state index contributed by atoms with van der Waals surface area (Å²) in [4.78, 5) is 0. The number of rotatable bonds is 6. The third kappa shape index (κ3) is 4.28. The molecule has 2 N–H and O–H groups in total. The van der Waals surface area contributed by atoms with Crippen LogP contribution in [0.2, 0.25) is 0 Å². The molecule has 1 fully saturated rings. The zero-order chi connectivity index (χ0) is 13.7. The molecule has 1 heterocycles. The highest BCUT2D eigenvalue weighted by molar-refractivity contribution is 5.13. The van der Waals surface area contributed by atoms with E-state index in [1.807, 2.05) is 30.3 Å². The Labute approximate surface area is 114 Å². The van der Waals surface area contributed by atoms with Crippen molar-refractivity contribution in [2.45, 2.75) is 50.8 Å². The number of hydrogen-bond acceptors (Lipinski definition) is 4. The van der Waals surface area contributed by atoms with Crippen molar-refractivity contribution in [1.82, 2.24) is 0 Å². The lowest BCUT2D eigenvalue weighted by atomic mass is 9.94. The van der Waals surface area contributed by atoms with Crippen molar-refractivity contribution in [1.29, 1.82) is 0 Å². The van der Waals surface area contributed by atoms with Gasteiger partial charge in [0.25, 0.3) is 0 Å². The molecule has 106 valence electrons. The van der Waals surface area contributed by atoms with Crippen LogP contribution in [0, 0.1) is 0 Å². The van der Waals surface area contributed by atoms with Gasteiger partial charge in [0.15, 0.2) is 6.29 Å². The van der Waals surface area contributed by atoms with Crippen LogP contribution < -0.4 is 0 Å². The van der Waals surface area contributed by atoms with Crippen LogP contribution >= 0.6 is 0 Å². The zero-order valence-corrected chi connectivity index (χ0v) is 11.3. The maximum absolute atomic E-state index is 9.56. The minimum Gasteiger partial charge on any atom is -0.393 e. The number of aliphatic hydroxyl groups excluding tert-OH is 2. The van der Waals surface area contributed by atoms with E-state index in [0.29, 0.717) is 32.5 Å². The Balaban J connectivity index is 1.87. The Hall–Kier alpha value is -0.940. The lowest BCUT2D eigenvalue weighted by molar-refractivity contribution is -0.171. The molecule has 4 heteroatoms. The minimum atomic E-state index is -0.737. The number of ether oxygens (including phenoxy) is 2. The topological polar surface area (TPSA) is 58.9 Å². The Kier molecular flexibility index (Phi) is 4.93. The molecule has 0 spiro atoms. The Morgan fingerprint density at radius 1 is 1.42 bits per heavy atom. The third-order valence-corrected chi connectivity index (χ3v) is 3.38. The second-order valence-corrected chi connectivity index (χ2v) is 5.33. The molecule has 2 unspecified atom stereocenters. The molecule has 1 aromatic rings. The highest BCUT2D eigenvalue weighted by Gasteiger charge is 2.40. The van der Waals surface area contributed by atoms with Crippen LogP contribution in [0.15, 0.2) is 30.3 Å². The Morgan fingerprint density at radius 3 is 2.74 bits per heavy atom. The van der Waals surface area contributed by atoms with Crippen molar-refractivity contribution in [3.63, 3.8) is 0 Å². The fraction of sp³-hybridized carbons (Fsp3) is 0.600. The van der Waals surface area contributed by atoms with Crippen molar-refractivity contribution >= 4 is 0 Å². The van der Waals surface area contributed by atoms with Crippen molar-refractivity contribution in [3.05, 3.63) is 35.9 Å². The van der Waals surface area contributed by atoms with Crippen LogP contribution in [0.25, 0.3) is 0 Å². The predicted octanol–water partition coefficient (Wildman–Crippen LogP) is 1.84. The summed E-state index contributed by atoms with van der Waals surface area (Å²) < 4.78 is 11.3. The van der Waals surface area contributed by atoms with Gasteiger partial charge in [-0.25, -0.2) is 0 Å². The zero-order valence-electron chi connectivity index (χ0n) is 11.3. The molecule has 1 aliphatic rings. The van der Waals surface area contributed by atoms with Crippen molar-refractivity contribution in [2.75, 3.05) is 6.61 Å². The molecule has 0 amide bonds. The molecule has 0 saturated carbocycles. The van der Waals surface area contributed by atoms with Gasteiger partial charge in [-0.05, 0) is 18.9 Å². The van der Waals surface area contributed by atoms with Gasteiger partial charge in [0.1, 0.15) is 0 Å². The van der Waals surface area contributed by atoms with Gasteiger partial charge in [0, 0.05) is 12.8 Å². The van der Waals surface area contributed by atoms with E-state index in [2.05, 4.69) is 0 Å². The fourth-order valence-corrected chi connectivity index (χ4v) is 2.58. The second-order valence-electron chi connectivity index (χ2n) is 5.33. The summed E-state index contributed by atoms with van der Waals surface area (Å²) in [6.07, 6.45) is 0.596. The minimum absolute atomic E-state index is 0.393. The van der Waals surface area contributed by atoms with Crippen molar-refractivity contribution < 1.29 is 19.7 Å². The predicted molar refractivity (Wildman–Crippen MR) is 71.5 cm³/mol. The molecule has 2 rings (SSSR count). The summed E-state index contributed by atoms with van der Waals surface area (Å²) in [5.74, 6) is 0. The summed E-state index contributed by atoms with van der Waals surface area (Å²) >= 11 is 0. The molecule has 0 aromatic heterocycles. The quantitative estimate of drug-likeness (QED) is 0.825. The lowest BCUT2D eigenvalue weighted by Gasteiger charge is -2.29. The molecule has 4 nitrogen and oxygen atoms in total. The summed E-state index contributed by atoms with van der Waals surface area (Å²) in [5, 5.41) is 19.1. The molecule has 0 aliphatic carbocycles. The van der Waals surface area contributed by atoms with E-state index < -0.39 is 18.0 Å². The van der Waals surface area contributed by atoms with Crippen LogP contribution in [0.1, 0.15) is 31.7 Å². The summed E-state index contributed by atoms with van der Waals surface area (Å²) in [7, 11) is 0. The molecular weight excluding hydrogens is 244 g/mol. The van der Waals surface area contributed by atoms with E-state index in [-0.39, 0.29) is 0 Å². The molecule has 0 radical (unpaired) electrons. The van der Waals surface area contributed by atoms with Gasteiger partial charge in [-0.1, -0.05) is 30.3 Å². The van der Waals surface area contributed by atoms with Gasteiger partial charge < -0.3 is 19.7 Å². The monoisotopic (exact) mass is 266 g/mol. The first-order valence-electron chi connectivity index (χ1n) is 6.75. The van der Waals surface area contributed by atoms with Crippen molar-refractivity contribution in [2.24, 2.45) is 0 Å². The first-order valence-corrected chi connectivity index (χ1v) is 6.75. The van der Waals surface area contributed by atoms with Gasteiger partial charge in [0.05, 0.1) is 24.9 Å². The summed E-state index contributed by atoms with van der Waals surface area (Å²) in [6, 6.07) is 9.92. The third-order valence-electron chi connectivity index (χ3n) is 3.38. The van der Waals surface area contributed by atoms with Gasteiger partial charge >= 0.3 is 0 Å². The maximum atomic E-state index is 9.56. The molecule has 1 aromatic carbocycles. The average molecular weight is 266 g/mol. The summed E-state index contributed by atoms with van der Waals surface area (Å²) in [5.41, 5.74) is 0.552. The number of hydrogen-bond donors (Lipinski definition) is 2. The van der Waals surface area contributed by atoms with E-state index in [0.717, 1.165) is 5.56 Å². The van der Waals surface area contributed by atoms with Gasteiger partial charge in [-0.2, -0.15) is 0 Å². The van der Waals surface area contributed by atoms with E-state index in [1.54, 1.807) is 6.92 Å². The lowest BCUT2D eigenvalue weighted by Crippen LogP contribution is -2.38. The van der Waals surface area contributed by atoms with Crippen LogP contribution in [0.4, 0.5) is 0 Å². The maximum Gasteiger partial charge on any atom is 0.155 e. The fourth-order valence-electron chi connectivity index (χ4n) is 2.58. The largest absolute Gasteiger partial charge is 0.393 e. The van der Waals surface area contributed by atoms with Crippen LogP contribution in [0.5, 0.6) is 0 Å². The molecule has 0 bridgehead atoms. The normalized spacial score (nSPS) is 28.5. The smallest absolute Gasteiger partial charge is 0.155 e. The number of benzene rings is 1. The van der Waals surface area contributed by atoms with E-state index in [1.165, 1.54) is 0 Å². The standard InChI is InChI=1S/C15H22O4/c1-12(16)9-15(8-7-14(17)19-15)11-18-10-13-5-3-2-4-6-13/h2-6,12,14,16-17H,7-11H2,1H3/t12-,14?,15?/m0/s1. The van der Waals surface area contributed by atoms with Crippen LogP contribution in [-0.2, 0) is 16.1 Å². The van der Waals surface area contributed by atoms with Gasteiger partial charge in [-0.15, -0.1) is 0 Å². The Morgan fingerprint density at radius 2 is 2.16 bits per heavy atom. The first-order chi connectivity index (χ1) is 9.10. The molecular formula is C15H22O4. The van der Waals surface area contributed by atoms with E-state index in [9.17, 15) is 10.2 Å². The first kappa shape index (κ1) is 14.5. The van der Waals surface area contributed by atoms with E-state index >= 15 is 0 Å². The molecule has 3 atom stereocenters. The molecule has 1 saturated heterocycles. The molecule has 19 heavy (non-hydrogen) atoms. The SMILES string of the molecule is C[C@H](O)CC1(COCc2ccccc2)CCC(O)O1. The second kappa shape index (κ2) is 6.48. The van der Waals surface area contributed by atoms with E-state index in [4.69, 9.17) is 9.47 Å². The highest BCUT2D eigenvalue weighted by atomic mass is 16.6. The average Bonchev–Trinajstić information content (AvgIpc) is 2.71. The molecule has 1 aliphatic heterocycles. The van der Waals surface area contributed by atoms with Crippen LogP contribution in [0.3, 0.4) is 0 Å². The van der Waals surface area contributed by atoms with Gasteiger partial charge in [-0.3, -0.25) is 0 Å².